The molecule has 13 heteroatoms. The predicted molar refractivity (Wildman–Crippen MR) is 153 cm³/mol. The second-order valence-corrected chi connectivity index (χ2v) is 12.9. The minimum Gasteiger partial charge on any atom is -0.480 e. The van der Waals surface area contributed by atoms with Gasteiger partial charge in [-0.05, 0) is 70.6 Å². The van der Waals surface area contributed by atoms with Crippen LogP contribution in [-0.2, 0) is 20.2 Å². The number of carboxylic acids is 1. The van der Waals surface area contributed by atoms with Crippen molar-refractivity contribution in [3.05, 3.63) is 97.3 Å². The van der Waals surface area contributed by atoms with Crippen LogP contribution in [0.4, 0.5) is 5.69 Å². The summed E-state index contributed by atoms with van der Waals surface area (Å²) in [5, 5.41) is 13.1. The Bertz CT molecular complexity index is 1460. The van der Waals surface area contributed by atoms with E-state index in [1.54, 1.807) is 67.0 Å². The minimum atomic E-state index is -4.10. The van der Waals surface area contributed by atoms with Gasteiger partial charge in [-0.25, -0.2) is 13.2 Å². The zero-order valence-corrected chi connectivity index (χ0v) is 24.1. The van der Waals surface area contributed by atoms with E-state index < -0.39 is 33.4 Å². The number of nitrogens with zero attached hydrogens (tertiary/aromatic N) is 1. The van der Waals surface area contributed by atoms with E-state index in [4.69, 9.17) is 11.6 Å². The molecule has 0 aromatic heterocycles. The van der Waals surface area contributed by atoms with Crippen LogP contribution in [0.1, 0.15) is 29.8 Å². The van der Waals surface area contributed by atoms with Gasteiger partial charge in [-0.1, -0.05) is 37.6 Å². The molecule has 1 atom stereocenters. The first-order valence-corrected chi connectivity index (χ1v) is 14.5. The lowest BCUT2D eigenvalue weighted by molar-refractivity contribution is -0.140. The number of benzene rings is 2. The van der Waals surface area contributed by atoms with Gasteiger partial charge in [0.2, 0.25) is 0 Å². The summed E-state index contributed by atoms with van der Waals surface area (Å²) in [5.74, 6) is -1.97. The molecule has 4 N–H and O–H groups in total. The molecule has 4 rings (SSSR count). The lowest BCUT2D eigenvalue weighted by atomic mass is 9.77. The highest BCUT2D eigenvalue weighted by atomic mass is 127. The zero-order chi connectivity index (χ0) is 27.0. The molecule has 194 valence electrons. The van der Waals surface area contributed by atoms with E-state index >= 15 is 0 Å². The van der Waals surface area contributed by atoms with Crippen LogP contribution in [0.25, 0.3) is 0 Å². The number of carbonyl (C=O) groups is 2. The fraction of sp³-hybridized carbons (Fsp3) is 0.167. The smallest absolute Gasteiger partial charge is 0.327 e. The minimum absolute atomic E-state index is 0.0149. The highest BCUT2D eigenvalue weighted by Gasteiger charge is 2.39. The summed E-state index contributed by atoms with van der Waals surface area (Å²) in [7, 11) is -4.10. The van der Waals surface area contributed by atoms with Crippen LogP contribution in [-0.4, -0.2) is 35.7 Å². The van der Waals surface area contributed by atoms with E-state index in [-0.39, 0.29) is 16.2 Å². The van der Waals surface area contributed by atoms with Crippen molar-refractivity contribution in [3.8, 4) is 0 Å². The number of amides is 1. The van der Waals surface area contributed by atoms with Crippen LogP contribution in [0.15, 0.2) is 77.6 Å². The Hall–Kier alpha value is -2.68. The number of hydrogen-bond donors (Lipinski definition) is 4. The molecule has 9 nitrogen and oxygen atoms in total. The number of carbonyl (C=O) groups excluding carboxylic acids is 1. The molecule has 2 aliphatic heterocycles. The van der Waals surface area contributed by atoms with Crippen LogP contribution in [0.5, 0.6) is 0 Å². The fourth-order valence-corrected chi connectivity index (χ4v) is 6.46. The highest BCUT2D eigenvalue weighted by Crippen LogP contribution is 2.35. The van der Waals surface area contributed by atoms with Crippen molar-refractivity contribution in [1.29, 1.82) is 0 Å². The number of carboxylic acid groups (broad SMARTS) is 1. The Morgan fingerprint density at radius 1 is 1.19 bits per heavy atom. The monoisotopic (exact) mass is 672 g/mol. The molecule has 0 saturated heterocycles. The van der Waals surface area contributed by atoms with Crippen molar-refractivity contribution < 1.29 is 23.1 Å². The Morgan fingerprint density at radius 3 is 2.57 bits per heavy atom. The van der Waals surface area contributed by atoms with Crippen LogP contribution in [0.3, 0.4) is 0 Å². The molecule has 0 spiro atoms. The van der Waals surface area contributed by atoms with Gasteiger partial charge >= 0.3 is 5.97 Å². The van der Waals surface area contributed by atoms with Gasteiger partial charge in [-0.3, -0.25) is 13.8 Å². The first-order valence-electron chi connectivity index (χ1n) is 10.8. The van der Waals surface area contributed by atoms with E-state index in [9.17, 15) is 23.1 Å². The summed E-state index contributed by atoms with van der Waals surface area (Å²) in [4.78, 5) is 25.6. The first-order chi connectivity index (χ1) is 17.4. The highest BCUT2D eigenvalue weighted by molar-refractivity contribution is 14.1. The molecule has 0 bridgehead atoms. The number of nitrogens with one attached hydrogen (secondary N) is 3. The molecule has 2 aromatic carbocycles. The molecular formula is C24H22ClIN4O5S2. The van der Waals surface area contributed by atoms with Gasteiger partial charge in [-0.2, -0.15) is 0 Å². The molecule has 0 fully saturated rings. The molecule has 37 heavy (non-hydrogen) atoms. The third-order valence-electron chi connectivity index (χ3n) is 5.90. The molecule has 2 heterocycles. The Kier molecular flexibility index (Phi) is 7.83. The number of sulfonamides is 1. The number of aliphatic carboxylic acids is 1. The summed E-state index contributed by atoms with van der Waals surface area (Å²) in [5.41, 5.74) is 0.0913. The summed E-state index contributed by atoms with van der Waals surface area (Å²) < 4.78 is 34.4. The maximum atomic E-state index is 13.4. The summed E-state index contributed by atoms with van der Waals surface area (Å²) in [6, 6.07) is 9.99. The molecule has 0 radical (unpaired) electrons. The second-order valence-electron chi connectivity index (χ2n) is 8.71. The van der Waals surface area contributed by atoms with Gasteiger partial charge in [0.15, 0.2) is 0 Å². The molecule has 0 aliphatic carbocycles. The lowest BCUT2D eigenvalue weighted by Gasteiger charge is -2.32. The van der Waals surface area contributed by atoms with Gasteiger partial charge < -0.3 is 15.1 Å². The lowest BCUT2D eigenvalue weighted by Crippen LogP contribution is -2.52. The number of rotatable bonds is 8. The summed E-state index contributed by atoms with van der Waals surface area (Å²) in [6.07, 6.45) is 6.35. The second kappa shape index (κ2) is 10.6. The Balaban J connectivity index is 1.64. The van der Waals surface area contributed by atoms with Gasteiger partial charge in [0, 0.05) is 26.4 Å². The van der Waals surface area contributed by atoms with Crippen LogP contribution in [0.2, 0.25) is 5.02 Å². The predicted octanol–water partition coefficient (Wildman–Crippen LogP) is 4.57. The van der Waals surface area contributed by atoms with Crippen LogP contribution < -0.4 is 14.8 Å². The van der Waals surface area contributed by atoms with Gasteiger partial charge in [-0.15, -0.1) is 0 Å². The number of fused-ring (bicyclic) bond motifs is 1. The van der Waals surface area contributed by atoms with Crippen LogP contribution in [0, 0.1) is 3.57 Å². The maximum absolute atomic E-state index is 13.4. The molecular weight excluding hydrogens is 651 g/mol. The van der Waals surface area contributed by atoms with E-state index in [0.29, 0.717) is 19.9 Å². The Labute approximate surface area is 237 Å². The third-order valence-corrected chi connectivity index (χ3v) is 8.97. The number of halogens is 2. The topological polar surface area (TPSA) is 128 Å². The van der Waals surface area contributed by atoms with Crippen molar-refractivity contribution in [2.75, 3.05) is 4.72 Å². The molecule has 1 unspecified atom stereocenters. The summed E-state index contributed by atoms with van der Waals surface area (Å²) >= 11 is 9.20. The van der Waals surface area contributed by atoms with Crippen molar-refractivity contribution in [1.82, 2.24) is 14.3 Å². The number of allylic oxidation sites excluding steroid dienone is 2. The van der Waals surface area contributed by atoms with E-state index in [0.717, 1.165) is 0 Å². The van der Waals surface area contributed by atoms with Crippen LogP contribution >= 0.6 is 46.3 Å². The maximum Gasteiger partial charge on any atom is 0.327 e. The van der Waals surface area contributed by atoms with Crippen molar-refractivity contribution in [2.24, 2.45) is 0 Å². The quantitative estimate of drug-likeness (QED) is 0.237. The standard InChI is InChI=1S/C24H22ClIN4O5S2/c1-24(2,14-5-7-15(25)8-6-14)21(23(32)33)28-22(31)17-10-9-16(26)12-18(17)29-37(34,35)20-4-3-11-30-19(20)13-27-36-30/h3-13,21,27,29H,1-2H3,(H,28,31)(H,32,33). The van der Waals surface area contributed by atoms with Gasteiger partial charge in [0.25, 0.3) is 15.9 Å². The number of anilines is 1. The normalized spacial score (nSPS) is 15.7. The average molecular weight is 673 g/mol. The Morgan fingerprint density at radius 2 is 1.89 bits per heavy atom. The van der Waals surface area contributed by atoms with Crippen molar-refractivity contribution in [2.45, 2.75) is 25.3 Å². The summed E-state index contributed by atoms with van der Waals surface area (Å²) in [6.45, 7) is 3.39. The molecule has 1 amide bonds. The van der Waals surface area contributed by atoms with Crippen molar-refractivity contribution in [3.63, 3.8) is 0 Å². The SMILES string of the molecule is CC(C)(c1ccc(Cl)cc1)C(NC(=O)c1ccc(I)cc1NS(=O)(=O)C1=CC=CN2SNC=C12)C(=O)O. The van der Waals surface area contributed by atoms with Gasteiger partial charge in [0.05, 0.1) is 29.1 Å². The van der Waals surface area contributed by atoms with Gasteiger partial charge in [0.1, 0.15) is 10.9 Å². The zero-order valence-electron chi connectivity index (χ0n) is 19.5. The number of hydrogen-bond acceptors (Lipinski definition) is 7. The van der Waals surface area contributed by atoms with Crippen molar-refractivity contribution >= 4 is 73.9 Å². The third kappa shape index (κ3) is 5.76. The average Bonchev–Trinajstić information content (AvgIpc) is 3.31. The van der Waals surface area contributed by atoms with E-state index in [2.05, 4.69) is 14.8 Å². The van der Waals surface area contributed by atoms with E-state index in [1.165, 1.54) is 30.3 Å². The molecule has 2 aromatic rings. The first kappa shape index (κ1) is 27.4. The largest absolute Gasteiger partial charge is 0.480 e. The van der Waals surface area contributed by atoms with E-state index in [1.807, 2.05) is 22.6 Å². The molecule has 0 saturated carbocycles. The fourth-order valence-electron chi connectivity index (χ4n) is 3.87. The molecule has 2 aliphatic rings.